The second kappa shape index (κ2) is 47.5. The van der Waals surface area contributed by atoms with Crippen LogP contribution in [0.2, 0.25) is 0 Å². The molecule has 0 amide bonds. The van der Waals surface area contributed by atoms with Crippen LogP contribution in [0.25, 0.3) is 0 Å². The Hall–Kier alpha value is 1.30. The van der Waals surface area contributed by atoms with Gasteiger partial charge in [-0.15, -0.1) is 44.2 Å². The molecule has 0 aliphatic rings. The van der Waals surface area contributed by atoms with Crippen LogP contribution >= 0.6 is 24.0 Å². The minimum atomic E-state index is -1.50. The topological polar surface area (TPSA) is 147 Å². The Balaban J connectivity index is -0.00000000957. The van der Waals surface area contributed by atoms with Crippen LogP contribution in [0.15, 0.2) is 0 Å². The van der Waals surface area contributed by atoms with Gasteiger partial charge in [-0.3, -0.25) is 0 Å². The van der Waals surface area contributed by atoms with Crippen molar-refractivity contribution in [1.82, 2.24) is 0 Å². The predicted molar refractivity (Wildman–Crippen MR) is 47.5 cm³/mol. The summed E-state index contributed by atoms with van der Waals surface area (Å²) < 4.78 is 0. The third kappa shape index (κ3) is 1190. The molecule has 0 aromatic carbocycles. The number of nitrogens with zero attached hydrogens (tertiary/aromatic N) is 2. The minimum absolute atomic E-state index is 0. The van der Waals surface area contributed by atoms with Crippen molar-refractivity contribution in [3.63, 3.8) is 0 Å². The summed E-state index contributed by atoms with van der Waals surface area (Å²) in [6, 6.07) is 0. The maximum absolute atomic E-state index is 8.36. The quantitative estimate of drug-likeness (QED) is 0.192. The van der Waals surface area contributed by atoms with Crippen molar-refractivity contribution in [1.29, 1.82) is 0 Å². The van der Waals surface area contributed by atoms with Gasteiger partial charge in [-0.1, -0.05) is 0 Å². The summed E-state index contributed by atoms with van der Waals surface area (Å²) >= 11 is 0. The van der Waals surface area contributed by atoms with E-state index in [-0.39, 0.29) is 96.8 Å². The van der Waals surface area contributed by atoms with Gasteiger partial charge in [0.2, 0.25) is 0 Å². The number of aliphatic hydroxyl groups excluding tert-OH is 1. The summed E-state index contributed by atoms with van der Waals surface area (Å²) in [5.41, 5.74) is 0. The molecule has 3 N–H and O–H groups in total. The molecule has 0 fully saturated rings. The molecule has 0 aliphatic heterocycles. The molecular formula is C2H10IN2O7Y2-. The molecule has 0 heterocycles. The van der Waals surface area contributed by atoms with E-state index in [4.69, 9.17) is 35.7 Å². The Bertz CT molecular complexity index is 85.7. The van der Waals surface area contributed by atoms with Gasteiger partial charge in [-0.25, -0.2) is 0 Å². The maximum Gasteiger partial charge on any atom is 0.291 e. The largest absolute Gasteiger partial charge is 0.400 e. The van der Waals surface area contributed by atoms with Crippen LogP contribution in [0.3, 0.4) is 0 Å². The molecule has 0 aromatic heterocycles. The zero-order valence-corrected chi connectivity index (χ0v) is 15.4. The Morgan fingerprint density at radius 1 is 0.929 bits per heavy atom. The summed E-state index contributed by atoms with van der Waals surface area (Å²) in [5.74, 6) is 0. The Morgan fingerprint density at radius 3 is 0.929 bits per heavy atom. The van der Waals surface area contributed by atoms with Crippen LogP contribution in [0, 0.1) is 27.7 Å². The van der Waals surface area contributed by atoms with Crippen LogP contribution in [-0.4, -0.2) is 32.8 Å². The number of rotatable bonds is 0. The van der Waals surface area contributed by atoms with E-state index in [1.165, 1.54) is 0 Å². The molecule has 0 aromatic rings. The average Bonchev–Trinajstić information content (AvgIpc) is 1.66. The molecule has 84 valence electrons. The van der Waals surface area contributed by atoms with Crippen molar-refractivity contribution in [2.75, 3.05) is 7.11 Å². The molecule has 14 heavy (non-hydrogen) atoms. The van der Waals surface area contributed by atoms with E-state index in [2.05, 4.69) is 0 Å². The first-order chi connectivity index (χ1) is 4.46. The molecule has 0 aliphatic carbocycles. The van der Waals surface area contributed by atoms with E-state index in [9.17, 15) is 0 Å². The second-order valence-electron chi connectivity index (χ2n) is 0.476. The van der Waals surface area contributed by atoms with Crippen LogP contribution in [0.4, 0.5) is 0 Å². The smallest absolute Gasteiger partial charge is 0.291 e. The summed E-state index contributed by atoms with van der Waals surface area (Å²) in [4.78, 5) is 16.7. The van der Waals surface area contributed by atoms with Gasteiger partial charge < -0.3 is 22.9 Å². The van der Waals surface area contributed by atoms with Gasteiger partial charge in [0.15, 0.2) is 0 Å². The standard InChI is InChI=1S/CH4O.CH3.HI.2HNO3.2Y/c1-2;;;2*2-1(3)4;;/h2H,1H3;1H3;1H;2*(H,2,3,4);;/q;-1;;;;;. The normalized spacial score (nSPS) is 3.86. The van der Waals surface area contributed by atoms with Gasteiger partial charge in [0.05, 0.1) is 0 Å². The number of aliphatic hydroxyl groups is 1. The summed E-state index contributed by atoms with van der Waals surface area (Å²) in [5, 5.41) is 34.3. The Morgan fingerprint density at radius 2 is 0.929 bits per heavy atom. The first kappa shape index (κ1) is 45.4. The van der Waals surface area contributed by atoms with E-state index in [1.54, 1.807) is 0 Å². The molecule has 0 saturated carbocycles. The zero-order valence-electron chi connectivity index (χ0n) is 7.43. The molecule has 0 atom stereocenters. The van der Waals surface area contributed by atoms with Crippen molar-refractivity contribution >= 4 is 24.0 Å². The van der Waals surface area contributed by atoms with Crippen molar-refractivity contribution < 1.29 is 91.1 Å². The fourth-order valence-corrected chi connectivity index (χ4v) is 0. The van der Waals surface area contributed by atoms with E-state index in [0.29, 0.717) is 0 Å². The molecule has 2 radical (unpaired) electrons. The average molecular weight is 479 g/mol. The number of halogens is 1. The van der Waals surface area contributed by atoms with E-state index >= 15 is 0 Å². The third-order valence-corrected chi connectivity index (χ3v) is 0. The van der Waals surface area contributed by atoms with Gasteiger partial charge in [-0.2, -0.15) is 0 Å². The van der Waals surface area contributed by atoms with Crippen molar-refractivity contribution in [3.05, 3.63) is 27.7 Å². The van der Waals surface area contributed by atoms with Crippen LogP contribution in [-0.2, 0) is 65.4 Å². The van der Waals surface area contributed by atoms with Crippen LogP contribution < -0.4 is 0 Å². The molecule has 0 spiro atoms. The molecule has 0 unspecified atom stereocenters. The monoisotopic (exact) mass is 479 g/mol. The third-order valence-electron chi connectivity index (χ3n) is 0. The number of hydrogen-bond donors (Lipinski definition) is 3. The van der Waals surface area contributed by atoms with Crippen molar-refractivity contribution in [3.8, 4) is 0 Å². The zero-order chi connectivity index (χ0) is 9.15. The van der Waals surface area contributed by atoms with E-state index in [1.807, 2.05) is 0 Å². The van der Waals surface area contributed by atoms with Crippen molar-refractivity contribution in [2.24, 2.45) is 0 Å². The summed E-state index contributed by atoms with van der Waals surface area (Å²) in [7, 11) is 1.00. The minimum Gasteiger partial charge on any atom is -0.400 e. The van der Waals surface area contributed by atoms with Gasteiger partial charge in [-0.05, 0) is 0 Å². The second-order valence-corrected chi connectivity index (χ2v) is 0.476. The van der Waals surface area contributed by atoms with Crippen LogP contribution in [0.1, 0.15) is 0 Å². The molecule has 0 bridgehead atoms. The molecular weight excluding hydrogens is 469 g/mol. The van der Waals surface area contributed by atoms with Gasteiger partial charge in [0.1, 0.15) is 0 Å². The van der Waals surface area contributed by atoms with Gasteiger partial charge in [0, 0.05) is 72.5 Å². The SMILES string of the molecule is CO.I.O=[N+]([O-])O.O=[N+]([O-])O.[CH3-].[Y].[Y]. The molecule has 0 saturated heterocycles. The van der Waals surface area contributed by atoms with E-state index in [0.717, 1.165) is 7.11 Å². The molecule has 9 nitrogen and oxygen atoms in total. The molecule has 0 rings (SSSR count). The van der Waals surface area contributed by atoms with E-state index < -0.39 is 10.2 Å². The Labute approximate surface area is 148 Å². The fraction of sp³-hybridized carbons (Fsp3) is 0.500. The van der Waals surface area contributed by atoms with Gasteiger partial charge in [0.25, 0.3) is 10.2 Å². The van der Waals surface area contributed by atoms with Gasteiger partial charge >= 0.3 is 0 Å². The maximum atomic E-state index is 8.36. The fourth-order valence-electron chi connectivity index (χ4n) is 0. The Kier molecular flexibility index (Phi) is 154. The molecule has 12 heteroatoms. The van der Waals surface area contributed by atoms with Crippen LogP contribution in [0.5, 0.6) is 0 Å². The summed E-state index contributed by atoms with van der Waals surface area (Å²) in [6.07, 6.45) is 0. The van der Waals surface area contributed by atoms with Crippen molar-refractivity contribution in [2.45, 2.75) is 0 Å². The first-order valence-corrected chi connectivity index (χ1v) is 1.58. The number of hydrogen-bond acceptors (Lipinski definition) is 5. The first-order valence-electron chi connectivity index (χ1n) is 1.58. The summed E-state index contributed by atoms with van der Waals surface area (Å²) in [6.45, 7) is 0. The predicted octanol–water partition coefficient (Wildman–Crippen LogP) is -0.0236.